The van der Waals surface area contributed by atoms with E-state index in [1.165, 1.54) is 6.33 Å². The molecule has 6 rings (SSSR count). The zero-order chi connectivity index (χ0) is 20.6. The molecule has 1 aliphatic carbocycles. The number of nitrogens with one attached hydrogen (secondary N) is 1. The molecule has 0 saturated heterocycles. The van der Waals surface area contributed by atoms with Gasteiger partial charge in [-0.2, -0.15) is 0 Å². The number of aromatic amines is 1. The fourth-order valence-electron chi connectivity index (χ4n) is 5.07. The SMILES string of the molecule is CN1C(=O)C2(CC2c2cn(C)c(=O)c3[nH]c(-c4ccncn4)cc23)c2ccccc21. The molecule has 1 N–H and O–H groups in total. The van der Waals surface area contributed by atoms with Gasteiger partial charge in [0.05, 0.1) is 16.8 Å². The Balaban J connectivity index is 1.55. The van der Waals surface area contributed by atoms with Crippen LogP contribution in [-0.2, 0) is 17.3 Å². The van der Waals surface area contributed by atoms with Crippen molar-refractivity contribution in [1.82, 2.24) is 19.5 Å². The van der Waals surface area contributed by atoms with E-state index in [9.17, 15) is 9.59 Å². The lowest BCUT2D eigenvalue weighted by molar-refractivity contribution is -0.120. The lowest BCUT2D eigenvalue weighted by Gasteiger charge is -2.12. The van der Waals surface area contributed by atoms with Crippen LogP contribution in [0.25, 0.3) is 22.3 Å². The highest BCUT2D eigenvalue weighted by atomic mass is 16.2. The standard InChI is InChI=1S/C23H19N5O2/c1-27-11-14(13-9-18(26-20(13)21(27)29)17-7-8-24-12-25-17)16-10-23(16)15-5-3-4-6-19(15)28(2)22(23)30/h3-9,11-12,16,26H,10H2,1-2H3. The molecule has 1 aliphatic heterocycles. The average Bonchev–Trinajstić information content (AvgIpc) is 3.30. The molecule has 7 heteroatoms. The summed E-state index contributed by atoms with van der Waals surface area (Å²) in [7, 11) is 3.59. The van der Waals surface area contributed by atoms with Crippen molar-refractivity contribution in [2.75, 3.05) is 11.9 Å². The minimum atomic E-state index is -0.540. The molecule has 3 aromatic heterocycles. The Labute approximate surface area is 172 Å². The van der Waals surface area contributed by atoms with Gasteiger partial charge in [0.1, 0.15) is 11.8 Å². The van der Waals surface area contributed by atoms with E-state index in [-0.39, 0.29) is 17.4 Å². The molecular weight excluding hydrogens is 378 g/mol. The van der Waals surface area contributed by atoms with Gasteiger partial charge in [0, 0.05) is 43.5 Å². The largest absolute Gasteiger partial charge is 0.349 e. The predicted octanol–water partition coefficient (Wildman–Crippen LogP) is 2.73. The predicted molar refractivity (Wildman–Crippen MR) is 113 cm³/mol. The van der Waals surface area contributed by atoms with Crippen LogP contribution < -0.4 is 10.5 Å². The van der Waals surface area contributed by atoms with Crippen LogP contribution in [0.15, 0.2) is 59.9 Å². The van der Waals surface area contributed by atoms with Gasteiger partial charge in [-0.15, -0.1) is 0 Å². The highest BCUT2D eigenvalue weighted by Crippen LogP contribution is 2.66. The van der Waals surface area contributed by atoms with E-state index in [4.69, 9.17) is 0 Å². The van der Waals surface area contributed by atoms with E-state index in [0.29, 0.717) is 5.52 Å². The molecule has 1 amide bonds. The lowest BCUT2D eigenvalue weighted by Crippen LogP contribution is -2.29. The number of pyridine rings is 1. The maximum absolute atomic E-state index is 13.3. The third-order valence-corrected chi connectivity index (χ3v) is 6.62. The molecule has 1 fully saturated rings. The van der Waals surface area contributed by atoms with Crippen LogP contribution in [0.5, 0.6) is 0 Å². The number of hydrogen-bond acceptors (Lipinski definition) is 4. The molecule has 1 spiro atoms. The summed E-state index contributed by atoms with van der Waals surface area (Å²) in [5, 5.41) is 0.855. The first kappa shape index (κ1) is 17.1. The molecule has 2 unspecified atom stereocenters. The second kappa shape index (κ2) is 5.66. The van der Waals surface area contributed by atoms with Crippen LogP contribution >= 0.6 is 0 Å². The first-order valence-electron chi connectivity index (χ1n) is 9.88. The minimum absolute atomic E-state index is 0.0273. The van der Waals surface area contributed by atoms with E-state index in [2.05, 4.69) is 21.0 Å². The number of aromatic nitrogens is 4. The van der Waals surface area contributed by atoms with Crippen molar-refractivity contribution >= 4 is 22.5 Å². The molecular formula is C23H19N5O2. The van der Waals surface area contributed by atoms with Crippen LogP contribution in [0, 0.1) is 0 Å². The topological polar surface area (TPSA) is 83.9 Å². The number of anilines is 1. The zero-order valence-electron chi connectivity index (χ0n) is 16.6. The van der Waals surface area contributed by atoms with E-state index >= 15 is 0 Å². The summed E-state index contributed by atoms with van der Waals surface area (Å²) in [5.74, 6) is 0.154. The molecule has 7 nitrogen and oxygen atoms in total. The number of rotatable bonds is 2. The van der Waals surface area contributed by atoms with Crippen LogP contribution in [0.2, 0.25) is 0 Å². The Morgan fingerprint density at radius 3 is 2.80 bits per heavy atom. The molecule has 2 atom stereocenters. The summed E-state index contributed by atoms with van der Waals surface area (Å²) in [6.07, 6.45) is 5.79. The molecule has 4 aromatic rings. The molecule has 2 aliphatic rings. The molecule has 148 valence electrons. The van der Waals surface area contributed by atoms with Crippen molar-refractivity contribution < 1.29 is 4.79 Å². The average molecular weight is 397 g/mol. The van der Waals surface area contributed by atoms with Crippen LogP contribution in [0.3, 0.4) is 0 Å². The zero-order valence-corrected chi connectivity index (χ0v) is 16.6. The number of amides is 1. The van der Waals surface area contributed by atoms with E-state index in [1.807, 2.05) is 37.5 Å². The van der Waals surface area contributed by atoms with E-state index in [0.717, 1.165) is 40.0 Å². The van der Waals surface area contributed by atoms with E-state index < -0.39 is 5.41 Å². The number of H-pyrrole nitrogens is 1. The summed E-state index contributed by atoms with van der Waals surface area (Å²) in [4.78, 5) is 39.4. The number of carbonyl (C=O) groups excluding carboxylic acids is 1. The van der Waals surface area contributed by atoms with Gasteiger partial charge in [-0.1, -0.05) is 18.2 Å². The van der Waals surface area contributed by atoms with Crippen molar-refractivity contribution in [3.8, 4) is 11.4 Å². The summed E-state index contributed by atoms with van der Waals surface area (Å²) >= 11 is 0. The number of fused-ring (bicyclic) bond motifs is 3. The van der Waals surface area contributed by atoms with Crippen molar-refractivity contribution in [2.24, 2.45) is 7.05 Å². The van der Waals surface area contributed by atoms with Gasteiger partial charge in [-0.05, 0) is 35.7 Å². The van der Waals surface area contributed by atoms with Gasteiger partial charge in [-0.25, -0.2) is 9.97 Å². The number of aryl methyl sites for hydroxylation is 1. The molecule has 0 radical (unpaired) electrons. The quantitative estimate of drug-likeness (QED) is 0.564. The van der Waals surface area contributed by atoms with Crippen LogP contribution in [0.4, 0.5) is 5.69 Å². The molecule has 4 heterocycles. The summed E-state index contributed by atoms with van der Waals surface area (Å²) < 4.78 is 1.60. The summed E-state index contributed by atoms with van der Waals surface area (Å²) in [5.41, 5.74) is 4.46. The van der Waals surface area contributed by atoms with Gasteiger partial charge in [-0.3, -0.25) is 9.59 Å². The Morgan fingerprint density at radius 1 is 1.17 bits per heavy atom. The minimum Gasteiger partial charge on any atom is -0.349 e. The van der Waals surface area contributed by atoms with Gasteiger partial charge in [0.15, 0.2) is 0 Å². The fourth-order valence-corrected chi connectivity index (χ4v) is 5.07. The molecule has 0 bridgehead atoms. The monoisotopic (exact) mass is 397 g/mol. The highest BCUT2D eigenvalue weighted by molar-refractivity contribution is 6.11. The van der Waals surface area contributed by atoms with E-state index in [1.54, 1.807) is 28.8 Å². The van der Waals surface area contributed by atoms with Gasteiger partial charge >= 0.3 is 0 Å². The number of benzene rings is 1. The Kier molecular flexibility index (Phi) is 3.23. The first-order chi connectivity index (χ1) is 14.5. The van der Waals surface area contributed by atoms with Crippen molar-refractivity contribution in [3.05, 3.63) is 76.6 Å². The maximum Gasteiger partial charge on any atom is 0.274 e. The third-order valence-electron chi connectivity index (χ3n) is 6.62. The van der Waals surface area contributed by atoms with Gasteiger partial charge in [0.25, 0.3) is 5.56 Å². The second-order valence-corrected chi connectivity index (χ2v) is 8.18. The number of nitrogens with zero attached hydrogens (tertiary/aromatic N) is 4. The van der Waals surface area contributed by atoms with Crippen molar-refractivity contribution in [2.45, 2.75) is 17.8 Å². The van der Waals surface area contributed by atoms with Gasteiger partial charge in [0.2, 0.25) is 5.91 Å². The summed E-state index contributed by atoms with van der Waals surface area (Å²) in [6, 6.07) is 11.8. The summed E-state index contributed by atoms with van der Waals surface area (Å²) in [6.45, 7) is 0. The number of hydrogen-bond donors (Lipinski definition) is 1. The van der Waals surface area contributed by atoms with Crippen molar-refractivity contribution in [1.29, 1.82) is 0 Å². The first-order valence-corrected chi connectivity index (χ1v) is 9.88. The lowest BCUT2D eigenvalue weighted by atomic mass is 9.91. The Hall–Kier alpha value is -3.74. The molecule has 30 heavy (non-hydrogen) atoms. The van der Waals surface area contributed by atoms with Gasteiger partial charge < -0.3 is 14.5 Å². The molecule has 1 saturated carbocycles. The maximum atomic E-state index is 13.3. The normalized spacial score (nSPS) is 22.1. The van der Waals surface area contributed by atoms with Crippen LogP contribution in [0.1, 0.15) is 23.5 Å². The highest BCUT2D eigenvalue weighted by Gasteiger charge is 2.67. The van der Waals surface area contributed by atoms with Crippen LogP contribution in [-0.4, -0.2) is 32.5 Å². The van der Waals surface area contributed by atoms with Crippen molar-refractivity contribution in [3.63, 3.8) is 0 Å². The smallest absolute Gasteiger partial charge is 0.274 e. The third kappa shape index (κ3) is 2.04. The Morgan fingerprint density at radius 2 is 2.00 bits per heavy atom. The number of carbonyl (C=O) groups is 1. The fraction of sp³-hybridized carbons (Fsp3) is 0.217. The number of likely N-dealkylation sites (N-methyl/N-ethyl adjacent to an activating group) is 1. The molecule has 1 aromatic carbocycles. The second-order valence-electron chi connectivity index (χ2n) is 8.18. The number of para-hydroxylation sites is 1. The Bertz CT molecular complexity index is 1400.